The quantitative estimate of drug-likeness (QED) is 0.683. The maximum absolute atomic E-state index is 13.0. The van der Waals surface area contributed by atoms with E-state index in [4.69, 9.17) is 0 Å². The van der Waals surface area contributed by atoms with E-state index in [-0.39, 0.29) is 22.5 Å². The number of carbonyl (C=O) groups excluding carboxylic acids is 2. The van der Waals surface area contributed by atoms with Crippen molar-refractivity contribution >= 4 is 27.4 Å². The molecule has 1 aliphatic rings. The van der Waals surface area contributed by atoms with Crippen LogP contribution in [-0.2, 0) is 14.8 Å². The third kappa shape index (κ3) is 4.63. The molecule has 1 fully saturated rings. The van der Waals surface area contributed by atoms with Gasteiger partial charge in [0.05, 0.1) is 4.90 Å². The number of hydrogen-bond donors (Lipinski definition) is 0. The van der Waals surface area contributed by atoms with Crippen LogP contribution in [0.5, 0.6) is 0 Å². The van der Waals surface area contributed by atoms with E-state index in [2.05, 4.69) is 6.07 Å². The lowest BCUT2D eigenvalue weighted by atomic mass is 9.96. The van der Waals surface area contributed by atoms with Crippen molar-refractivity contribution in [2.75, 3.05) is 25.0 Å². The van der Waals surface area contributed by atoms with Gasteiger partial charge in [0.25, 0.3) is 0 Å². The molecule has 0 N–H and O–H groups in total. The van der Waals surface area contributed by atoms with Crippen LogP contribution in [0.3, 0.4) is 0 Å². The molecule has 30 heavy (non-hydrogen) atoms. The van der Waals surface area contributed by atoms with E-state index in [1.807, 2.05) is 26.0 Å². The standard InChI is InChI=1S/C23H28N2O4S/c1-16-13-17(2)15-21(14-16)24(4)23(27)20-9-11-25(12-10-20)30(28,29)22-7-5-19(6-8-22)18(3)26/h5-8,13-15,20H,9-12H2,1-4H3. The van der Waals surface area contributed by atoms with Crippen molar-refractivity contribution in [3.63, 3.8) is 0 Å². The van der Waals surface area contributed by atoms with Crippen LogP contribution < -0.4 is 4.90 Å². The van der Waals surface area contributed by atoms with Gasteiger partial charge in [-0.25, -0.2) is 8.42 Å². The van der Waals surface area contributed by atoms with Gasteiger partial charge in [0.1, 0.15) is 0 Å². The first kappa shape index (κ1) is 22.2. The SMILES string of the molecule is CC(=O)c1ccc(S(=O)(=O)N2CCC(C(=O)N(C)c3cc(C)cc(C)c3)CC2)cc1. The number of piperidine rings is 1. The molecule has 0 saturated carbocycles. The highest BCUT2D eigenvalue weighted by Crippen LogP contribution is 2.27. The van der Waals surface area contributed by atoms with Crippen molar-refractivity contribution in [3.05, 3.63) is 59.2 Å². The number of carbonyl (C=O) groups is 2. The van der Waals surface area contributed by atoms with Crippen molar-refractivity contribution in [1.29, 1.82) is 0 Å². The number of rotatable bonds is 5. The van der Waals surface area contributed by atoms with E-state index in [0.717, 1.165) is 16.8 Å². The van der Waals surface area contributed by atoms with Crippen molar-refractivity contribution in [2.45, 2.75) is 38.5 Å². The average molecular weight is 429 g/mol. The molecule has 0 aromatic heterocycles. The second-order valence-electron chi connectivity index (χ2n) is 8.00. The summed E-state index contributed by atoms with van der Waals surface area (Å²) in [4.78, 5) is 26.2. The largest absolute Gasteiger partial charge is 0.315 e. The zero-order valence-electron chi connectivity index (χ0n) is 17.9. The molecule has 1 amide bonds. The van der Waals surface area contributed by atoms with Gasteiger partial charge in [-0.2, -0.15) is 4.31 Å². The molecule has 160 valence electrons. The third-order valence-corrected chi connectivity index (χ3v) is 7.54. The van der Waals surface area contributed by atoms with Gasteiger partial charge >= 0.3 is 0 Å². The van der Waals surface area contributed by atoms with Crippen LogP contribution in [-0.4, -0.2) is 44.6 Å². The molecule has 0 bridgehead atoms. The smallest absolute Gasteiger partial charge is 0.243 e. The van der Waals surface area contributed by atoms with Gasteiger partial charge < -0.3 is 4.90 Å². The van der Waals surface area contributed by atoms with Crippen LogP contribution >= 0.6 is 0 Å². The Labute approximate surface area is 178 Å². The summed E-state index contributed by atoms with van der Waals surface area (Å²) in [5, 5.41) is 0. The second-order valence-corrected chi connectivity index (χ2v) is 9.94. The Hall–Kier alpha value is -2.51. The first-order valence-electron chi connectivity index (χ1n) is 10.1. The lowest BCUT2D eigenvalue weighted by Gasteiger charge is -2.32. The molecule has 0 spiro atoms. The van der Waals surface area contributed by atoms with Gasteiger partial charge in [0.15, 0.2) is 5.78 Å². The summed E-state index contributed by atoms with van der Waals surface area (Å²) in [7, 11) is -1.87. The van der Waals surface area contributed by atoms with Gasteiger partial charge in [0, 0.05) is 37.3 Å². The van der Waals surface area contributed by atoms with Gasteiger partial charge in [-0.3, -0.25) is 9.59 Å². The zero-order chi connectivity index (χ0) is 22.1. The van der Waals surface area contributed by atoms with Crippen LogP contribution in [0.1, 0.15) is 41.3 Å². The third-order valence-electron chi connectivity index (χ3n) is 5.63. The average Bonchev–Trinajstić information content (AvgIpc) is 2.72. The number of hydrogen-bond acceptors (Lipinski definition) is 4. The highest BCUT2D eigenvalue weighted by atomic mass is 32.2. The Balaban J connectivity index is 1.67. The van der Waals surface area contributed by atoms with Gasteiger partial charge in [0.2, 0.25) is 15.9 Å². The summed E-state index contributed by atoms with van der Waals surface area (Å²) in [6.45, 7) is 6.05. The van der Waals surface area contributed by atoms with E-state index >= 15 is 0 Å². The lowest BCUT2D eigenvalue weighted by molar-refractivity contribution is -0.123. The molecule has 0 atom stereocenters. The highest BCUT2D eigenvalue weighted by Gasteiger charge is 2.33. The predicted octanol–water partition coefficient (Wildman–Crippen LogP) is 3.57. The molecule has 6 nitrogen and oxygen atoms in total. The topological polar surface area (TPSA) is 74.8 Å². The monoisotopic (exact) mass is 428 g/mol. The van der Waals surface area contributed by atoms with Crippen molar-refractivity contribution in [3.8, 4) is 0 Å². The van der Waals surface area contributed by atoms with E-state index < -0.39 is 10.0 Å². The normalized spacial score (nSPS) is 15.7. The van der Waals surface area contributed by atoms with Crippen molar-refractivity contribution in [2.24, 2.45) is 5.92 Å². The van der Waals surface area contributed by atoms with Crippen molar-refractivity contribution in [1.82, 2.24) is 4.31 Å². The number of anilines is 1. The number of aryl methyl sites for hydroxylation is 2. The van der Waals surface area contributed by atoms with Crippen LogP contribution in [0.15, 0.2) is 47.4 Å². The summed E-state index contributed by atoms with van der Waals surface area (Å²) in [5.41, 5.74) is 3.54. The van der Waals surface area contributed by atoms with E-state index in [1.54, 1.807) is 11.9 Å². The fourth-order valence-corrected chi connectivity index (χ4v) is 5.37. The molecule has 3 rings (SSSR count). The first-order chi connectivity index (χ1) is 14.1. The Bertz CT molecular complexity index is 1030. The van der Waals surface area contributed by atoms with Crippen LogP contribution in [0, 0.1) is 19.8 Å². The van der Waals surface area contributed by atoms with Crippen LogP contribution in [0.4, 0.5) is 5.69 Å². The van der Waals surface area contributed by atoms with E-state index in [0.29, 0.717) is 31.5 Å². The Kier molecular flexibility index (Phi) is 6.43. The molecular formula is C23H28N2O4S. The minimum Gasteiger partial charge on any atom is -0.315 e. The Morgan fingerprint density at radius 2 is 1.50 bits per heavy atom. The molecule has 0 aliphatic carbocycles. The van der Waals surface area contributed by atoms with Crippen LogP contribution in [0.2, 0.25) is 0 Å². The second kappa shape index (κ2) is 8.70. The Morgan fingerprint density at radius 1 is 0.967 bits per heavy atom. The molecular weight excluding hydrogens is 400 g/mol. The number of amides is 1. The number of nitrogens with zero attached hydrogens (tertiary/aromatic N) is 2. The predicted molar refractivity (Wildman–Crippen MR) is 117 cm³/mol. The zero-order valence-corrected chi connectivity index (χ0v) is 18.7. The number of Topliss-reactive ketones (excluding diaryl/α,β-unsaturated/α-hetero) is 1. The number of sulfonamides is 1. The highest BCUT2D eigenvalue weighted by molar-refractivity contribution is 7.89. The van der Waals surface area contributed by atoms with E-state index in [1.165, 1.54) is 35.5 Å². The molecule has 1 aliphatic heterocycles. The molecule has 1 heterocycles. The Morgan fingerprint density at radius 3 is 2.00 bits per heavy atom. The maximum Gasteiger partial charge on any atom is 0.243 e. The molecule has 2 aromatic carbocycles. The van der Waals surface area contributed by atoms with Crippen molar-refractivity contribution < 1.29 is 18.0 Å². The minimum atomic E-state index is -3.64. The maximum atomic E-state index is 13.0. The summed E-state index contributed by atoms with van der Waals surface area (Å²) < 4.78 is 27.3. The summed E-state index contributed by atoms with van der Waals surface area (Å²) in [6.07, 6.45) is 0.970. The lowest BCUT2D eigenvalue weighted by Crippen LogP contribution is -2.43. The molecule has 7 heteroatoms. The molecule has 0 radical (unpaired) electrons. The minimum absolute atomic E-state index is 0.0165. The fraction of sp³-hybridized carbons (Fsp3) is 0.391. The molecule has 2 aromatic rings. The first-order valence-corrected chi connectivity index (χ1v) is 11.5. The van der Waals surface area contributed by atoms with Gasteiger partial charge in [-0.05, 0) is 69.0 Å². The molecule has 0 unspecified atom stereocenters. The van der Waals surface area contributed by atoms with Gasteiger partial charge in [-0.15, -0.1) is 0 Å². The van der Waals surface area contributed by atoms with E-state index in [9.17, 15) is 18.0 Å². The van der Waals surface area contributed by atoms with Crippen LogP contribution in [0.25, 0.3) is 0 Å². The molecule has 1 saturated heterocycles. The fourth-order valence-electron chi connectivity index (χ4n) is 3.90. The summed E-state index contributed by atoms with van der Waals surface area (Å²) in [6, 6.07) is 12.0. The summed E-state index contributed by atoms with van der Waals surface area (Å²) in [5.74, 6) is -0.295. The number of benzene rings is 2. The van der Waals surface area contributed by atoms with Gasteiger partial charge in [-0.1, -0.05) is 18.2 Å². The number of ketones is 1. The summed E-state index contributed by atoms with van der Waals surface area (Å²) >= 11 is 0.